The smallest absolute Gasteiger partial charge is 0.229 e. The average molecular weight is 441 g/mol. The molecule has 0 aromatic heterocycles. The van der Waals surface area contributed by atoms with Crippen LogP contribution in [0.5, 0.6) is 0 Å². The Morgan fingerprint density at radius 1 is 1.24 bits per heavy atom. The lowest BCUT2D eigenvalue weighted by molar-refractivity contribution is -0.274. The predicted octanol–water partition coefficient (Wildman–Crippen LogP) is -0.906. The van der Waals surface area contributed by atoms with E-state index in [0.717, 1.165) is 0 Å². The number of carbonyl (C=O) groups excluding carboxylic acids is 2. The summed E-state index contributed by atoms with van der Waals surface area (Å²) in [7, 11) is 1.53. The number of nitrogens with one attached hydrogen (secondary N) is 1. The van der Waals surface area contributed by atoms with Crippen LogP contribution in [0.4, 0.5) is 0 Å². The molecule has 0 radical (unpaired) electrons. The van der Waals surface area contributed by atoms with Gasteiger partial charge in [0.25, 0.3) is 0 Å². The van der Waals surface area contributed by atoms with Gasteiger partial charge >= 0.3 is 0 Å². The number of thioether (sulfide) groups is 1. The number of aliphatic hydroxyl groups excluding tert-OH is 3. The van der Waals surface area contributed by atoms with Gasteiger partial charge in [0.05, 0.1) is 30.7 Å². The van der Waals surface area contributed by atoms with E-state index in [2.05, 4.69) is 11.9 Å². The van der Waals surface area contributed by atoms with Gasteiger partial charge in [0.2, 0.25) is 24.4 Å². The molecule has 7 N–H and O–H groups in total. The van der Waals surface area contributed by atoms with Crippen LogP contribution in [-0.2, 0) is 19.1 Å². The summed E-state index contributed by atoms with van der Waals surface area (Å²) in [5.41, 5.74) is 4.69. The van der Waals surface area contributed by atoms with Crippen molar-refractivity contribution in [1.29, 1.82) is 0 Å². The summed E-state index contributed by atoms with van der Waals surface area (Å²) in [6.07, 6.45) is -2.38. The third kappa shape index (κ3) is 19.9. The van der Waals surface area contributed by atoms with E-state index < -0.39 is 30.9 Å². The minimum atomic E-state index is -1.85. The summed E-state index contributed by atoms with van der Waals surface area (Å²) in [5.74, 6) is 0.0354. The maximum absolute atomic E-state index is 11.2. The van der Waals surface area contributed by atoms with Gasteiger partial charge in [-0.1, -0.05) is 6.08 Å². The number of hydrogen-bond donors (Lipinski definition) is 6. The van der Waals surface area contributed by atoms with E-state index in [0.29, 0.717) is 18.6 Å². The summed E-state index contributed by atoms with van der Waals surface area (Å²) in [6, 6.07) is 0. The fourth-order valence-corrected chi connectivity index (χ4v) is 2.76. The van der Waals surface area contributed by atoms with Crippen molar-refractivity contribution in [2.24, 2.45) is 5.73 Å². The minimum absolute atomic E-state index is 0.146. The first-order chi connectivity index (χ1) is 13.5. The largest absolute Gasteiger partial charge is 0.393 e. The molecule has 2 amide bonds. The van der Waals surface area contributed by atoms with Crippen molar-refractivity contribution in [3.63, 3.8) is 0 Å². The van der Waals surface area contributed by atoms with Gasteiger partial charge in [-0.05, 0) is 26.7 Å². The molecule has 0 bridgehead atoms. The molecule has 0 heterocycles. The second-order valence-electron chi connectivity index (χ2n) is 6.21. The van der Waals surface area contributed by atoms with E-state index in [1.807, 2.05) is 0 Å². The Kier molecular flexibility index (Phi) is 19.4. The second-order valence-corrected chi connectivity index (χ2v) is 7.24. The van der Waals surface area contributed by atoms with Gasteiger partial charge in [0.15, 0.2) is 0 Å². The number of hydrogen-bond acceptors (Lipinski definition) is 9. The SMILES string of the molecule is C=CCC(N)=O.CNC(=O)CSCC(OC(OCCCC(C)O)C(O)O)C(C)O. The molecule has 172 valence electrons. The molecule has 4 unspecified atom stereocenters. The van der Waals surface area contributed by atoms with Crippen molar-refractivity contribution in [2.75, 3.05) is 25.2 Å². The van der Waals surface area contributed by atoms with Crippen LogP contribution < -0.4 is 11.1 Å². The Balaban J connectivity index is 0. The van der Waals surface area contributed by atoms with Crippen LogP contribution in [0.1, 0.15) is 33.1 Å². The van der Waals surface area contributed by atoms with Crippen molar-refractivity contribution in [1.82, 2.24) is 5.32 Å². The molecule has 0 aliphatic carbocycles. The molecule has 0 saturated carbocycles. The molecule has 0 fully saturated rings. The minimum Gasteiger partial charge on any atom is -0.393 e. The first-order valence-electron chi connectivity index (χ1n) is 9.21. The topological polar surface area (TPSA) is 172 Å². The molecule has 0 rings (SSSR count). The average Bonchev–Trinajstić information content (AvgIpc) is 2.62. The third-order valence-corrected chi connectivity index (χ3v) is 4.31. The van der Waals surface area contributed by atoms with Crippen LogP contribution in [0.3, 0.4) is 0 Å². The van der Waals surface area contributed by atoms with Gasteiger partial charge in [-0.25, -0.2) is 0 Å². The Morgan fingerprint density at radius 3 is 2.24 bits per heavy atom. The summed E-state index contributed by atoms with van der Waals surface area (Å²) in [5, 5.41) is 40.0. The molecule has 0 saturated heterocycles. The van der Waals surface area contributed by atoms with Crippen molar-refractivity contribution in [2.45, 2.75) is 64.0 Å². The highest BCUT2D eigenvalue weighted by molar-refractivity contribution is 7.99. The van der Waals surface area contributed by atoms with Gasteiger partial charge in [0, 0.05) is 19.2 Å². The molecular weight excluding hydrogens is 404 g/mol. The van der Waals surface area contributed by atoms with E-state index in [9.17, 15) is 24.9 Å². The van der Waals surface area contributed by atoms with Crippen LogP contribution in [0.15, 0.2) is 12.7 Å². The van der Waals surface area contributed by atoms with E-state index in [4.69, 9.17) is 20.3 Å². The monoisotopic (exact) mass is 440 g/mol. The van der Waals surface area contributed by atoms with Crippen LogP contribution in [0, 0.1) is 0 Å². The molecule has 0 aliphatic heterocycles. The van der Waals surface area contributed by atoms with Crippen molar-refractivity contribution >= 4 is 23.6 Å². The number of carbonyl (C=O) groups is 2. The zero-order valence-corrected chi connectivity index (χ0v) is 18.1. The second kappa shape index (κ2) is 18.8. The van der Waals surface area contributed by atoms with Gasteiger partial charge < -0.3 is 41.0 Å². The highest BCUT2D eigenvalue weighted by Gasteiger charge is 2.26. The summed E-state index contributed by atoms with van der Waals surface area (Å²) >= 11 is 1.26. The number of nitrogens with two attached hydrogens (primary N) is 1. The molecule has 0 spiro atoms. The van der Waals surface area contributed by atoms with E-state index in [1.165, 1.54) is 31.8 Å². The molecule has 0 aromatic rings. The number of primary amides is 1. The van der Waals surface area contributed by atoms with Crippen LogP contribution >= 0.6 is 11.8 Å². The van der Waals surface area contributed by atoms with E-state index >= 15 is 0 Å². The summed E-state index contributed by atoms with van der Waals surface area (Å²) in [6.45, 7) is 6.65. The predicted molar refractivity (Wildman–Crippen MR) is 111 cm³/mol. The number of amides is 2. The van der Waals surface area contributed by atoms with E-state index in [-0.39, 0.29) is 30.6 Å². The first-order valence-corrected chi connectivity index (χ1v) is 10.4. The highest BCUT2D eigenvalue weighted by atomic mass is 32.2. The molecule has 11 heteroatoms. The molecule has 0 aliphatic rings. The molecular formula is C18H36N2O8S. The first kappa shape index (κ1) is 30.0. The number of aliphatic hydroxyl groups is 4. The van der Waals surface area contributed by atoms with Gasteiger partial charge in [-0.15, -0.1) is 18.3 Å². The van der Waals surface area contributed by atoms with Gasteiger partial charge in [-0.3, -0.25) is 9.59 Å². The van der Waals surface area contributed by atoms with E-state index in [1.54, 1.807) is 6.92 Å². The highest BCUT2D eigenvalue weighted by Crippen LogP contribution is 2.14. The van der Waals surface area contributed by atoms with Crippen molar-refractivity contribution in [3.8, 4) is 0 Å². The normalized spacial score (nSPS) is 14.9. The Labute approximate surface area is 176 Å². The Morgan fingerprint density at radius 2 is 1.86 bits per heavy atom. The zero-order valence-electron chi connectivity index (χ0n) is 17.3. The van der Waals surface area contributed by atoms with Gasteiger partial charge in [0.1, 0.15) is 0 Å². The van der Waals surface area contributed by atoms with Crippen molar-refractivity contribution in [3.05, 3.63) is 12.7 Å². The quantitative estimate of drug-likeness (QED) is 0.107. The van der Waals surface area contributed by atoms with Crippen molar-refractivity contribution < 1.29 is 39.5 Å². The fraction of sp³-hybridized carbons (Fsp3) is 0.778. The molecule has 0 aromatic carbocycles. The third-order valence-electron chi connectivity index (χ3n) is 3.28. The zero-order chi connectivity index (χ0) is 22.8. The number of ether oxygens (including phenoxy) is 2. The Hall–Kier alpha value is -1.21. The maximum Gasteiger partial charge on any atom is 0.229 e. The van der Waals surface area contributed by atoms with Crippen LogP contribution in [-0.4, -0.2) is 88.3 Å². The standard InChI is InChI=1S/C14H29NO7S.C4H7NO/c1-9(16)5-4-6-21-14(13(19)20)22-11(10(2)17)7-23-8-12(18)15-3;1-2-3-4(5)6/h9-11,13-14,16-17,19-20H,4-8H2,1-3H3,(H,15,18);2H,1,3H2,(H2,5,6). The van der Waals surface area contributed by atoms with Crippen LogP contribution in [0.25, 0.3) is 0 Å². The lowest BCUT2D eigenvalue weighted by Crippen LogP contribution is -2.40. The molecule has 29 heavy (non-hydrogen) atoms. The maximum atomic E-state index is 11.2. The molecule has 10 nitrogen and oxygen atoms in total. The lowest BCUT2D eigenvalue weighted by atomic mass is 10.2. The van der Waals surface area contributed by atoms with Gasteiger partial charge in [-0.2, -0.15) is 0 Å². The Bertz CT molecular complexity index is 450. The summed E-state index contributed by atoms with van der Waals surface area (Å²) < 4.78 is 10.7. The number of rotatable bonds is 15. The van der Waals surface area contributed by atoms with Crippen LogP contribution in [0.2, 0.25) is 0 Å². The fourth-order valence-electron chi connectivity index (χ4n) is 1.72. The lowest BCUT2D eigenvalue weighted by Gasteiger charge is -2.27. The molecule has 4 atom stereocenters. The summed E-state index contributed by atoms with van der Waals surface area (Å²) in [4.78, 5) is 20.9.